The number of aromatic nitrogens is 1. The van der Waals surface area contributed by atoms with E-state index in [0.717, 1.165) is 61.7 Å². The second-order valence-electron chi connectivity index (χ2n) is 9.94. The zero-order valence-corrected chi connectivity index (χ0v) is 24.9. The van der Waals surface area contributed by atoms with Gasteiger partial charge in [0.2, 0.25) is 17.7 Å². The van der Waals surface area contributed by atoms with Crippen LogP contribution < -0.4 is 20.9 Å². The van der Waals surface area contributed by atoms with Gasteiger partial charge in [-0.3, -0.25) is 9.59 Å². The first kappa shape index (κ1) is 34.3. The van der Waals surface area contributed by atoms with Crippen molar-refractivity contribution in [2.75, 3.05) is 29.9 Å². The van der Waals surface area contributed by atoms with Crippen LogP contribution in [0.3, 0.4) is 0 Å². The van der Waals surface area contributed by atoms with Crippen molar-refractivity contribution in [2.45, 2.75) is 73.3 Å². The minimum atomic E-state index is -2.50. The fraction of sp³-hybridized carbons (Fsp3) is 0.452. The molecule has 2 amide bonds. The molecule has 7 nitrogen and oxygen atoms in total. The molecule has 0 atom stereocenters. The first-order chi connectivity index (χ1) is 18.8. The van der Waals surface area contributed by atoms with Gasteiger partial charge in [0.05, 0.1) is 6.04 Å². The Morgan fingerprint density at radius 1 is 1.12 bits per heavy atom. The molecule has 0 aliphatic carbocycles. The van der Waals surface area contributed by atoms with Crippen LogP contribution >= 0.6 is 0 Å². The summed E-state index contributed by atoms with van der Waals surface area (Å²) in [4.78, 5) is 30.1. The van der Waals surface area contributed by atoms with Crippen molar-refractivity contribution < 1.29 is 18.4 Å². The summed E-state index contributed by atoms with van der Waals surface area (Å²) in [6, 6.07) is 10.2. The summed E-state index contributed by atoms with van der Waals surface area (Å²) in [7, 11) is 0. The first-order valence-corrected chi connectivity index (χ1v) is 13.6. The van der Waals surface area contributed by atoms with E-state index < -0.39 is 5.92 Å². The fourth-order valence-corrected chi connectivity index (χ4v) is 3.72. The standard InChI is InChI=1S/C25H31N5O2.C3H6F2.C3H8/c1-5-7-19(14-27-23(32)6-2)24-22(30-15-21(16-30)28-18(4)31)12-13-26-25(24)29-20-10-8-17(3)9-11-20;1-3(2,4)5;1-3-2/h6-13,21H,2,5,14-16H2,1,3-4H3,(H,26,29)(H,27,32)(H,28,31);1-2H3;3H2,1-2H3/b19-7+;;. The molecule has 3 rings (SSSR count). The minimum Gasteiger partial charge on any atom is -0.367 e. The lowest BCUT2D eigenvalue weighted by molar-refractivity contribution is -0.120. The monoisotopic (exact) mass is 557 g/mol. The average Bonchev–Trinajstić information content (AvgIpc) is 2.84. The number of benzene rings is 1. The van der Waals surface area contributed by atoms with Gasteiger partial charge in [0.15, 0.2) is 0 Å². The Bertz CT molecular complexity index is 1120. The van der Waals surface area contributed by atoms with Gasteiger partial charge in [0.25, 0.3) is 0 Å². The Balaban J connectivity index is 0.000000884. The number of carbonyl (C=O) groups excluding carboxylic acids is 2. The number of aryl methyl sites for hydroxylation is 1. The van der Waals surface area contributed by atoms with Crippen molar-refractivity contribution in [1.29, 1.82) is 0 Å². The maximum atomic E-state index is 11.9. The highest BCUT2D eigenvalue weighted by atomic mass is 19.3. The lowest BCUT2D eigenvalue weighted by atomic mass is 9.99. The van der Waals surface area contributed by atoms with Crippen molar-refractivity contribution in [2.24, 2.45) is 0 Å². The third kappa shape index (κ3) is 12.9. The van der Waals surface area contributed by atoms with Crippen molar-refractivity contribution >= 4 is 34.6 Å². The quantitative estimate of drug-likeness (QED) is 0.301. The molecule has 1 saturated heterocycles. The maximum absolute atomic E-state index is 11.9. The van der Waals surface area contributed by atoms with Crippen LogP contribution in [0.2, 0.25) is 0 Å². The molecule has 0 bridgehead atoms. The summed E-state index contributed by atoms with van der Waals surface area (Å²) >= 11 is 0. The molecule has 0 saturated carbocycles. The highest BCUT2D eigenvalue weighted by Gasteiger charge is 2.30. The van der Waals surface area contributed by atoms with Crippen molar-refractivity contribution in [3.05, 3.63) is 66.4 Å². The normalized spacial score (nSPS) is 13.0. The summed E-state index contributed by atoms with van der Waals surface area (Å²) in [5, 5.41) is 9.31. The van der Waals surface area contributed by atoms with Crippen LogP contribution in [0, 0.1) is 6.92 Å². The third-order valence-electron chi connectivity index (χ3n) is 5.28. The van der Waals surface area contributed by atoms with E-state index in [2.05, 4.69) is 59.3 Å². The number of allylic oxidation sites excluding steroid dienone is 1. The molecule has 1 aromatic carbocycles. The smallest absolute Gasteiger partial charge is 0.243 e. The largest absolute Gasteiger partial charge is 0.367 e. The number of hydrogen-bond acceptors (Lipinski definition) is 5. The Morgan fingerprint density at radius 3 is 2.20 bits per heavy atom. The minimum absolute atomic E-state index is 0.0231. The van der Waals surface area contributed by atoms with Crippen LogP contribution in [0.25, 0.3) is 5.57 Å². The van der Waals surface area contributed by atoms with Crippen LogP contribution in [0.5, 0.6) is 0 Å². The molecule has 1 aliphatic rings. The molecule has 1 aliphatic heterocycles. The SMILES string of the molecule is C=CC(=O)NC/C(=C\CC)c1c(N2CC(NC(C)=O)C2)ccnc1Nc1ccc(C)cc1.CC(C)(F)F.CCC. The number of halogens is 2. The molecule has 3 N–H and O–H groups in total. The van der Waals surface area contributed by atoms with Crippen molar-refractivity contribution in [1.82, 2.24) is 15.6 Å². The van der Waals surface area contributed by atoms with Crippen LogP contribution in [0.4, 0.5) is 26.0 Å². The number of amides is 2. The van der Waals surface area contributed by atoms with Crippen LogP contribution in [0.15, 0.2) is 55.3 Å². The van der Waals surface area contributed by atoms with Crippen molar-refractivity contribution in [3.63, 3.8) is 0 Å². The number of hydrogen-bond donors (Lipinski definition) is 3. The van der Waals surface area contributed by atoms with Gasteiger partial charge in [0.1, 0.15) is 5.82 Å². The molecular weight excluding hydrogens is 512 g/mol. The van der Waals surface area contributed by atoms with Gasteiger partial charge in [0, 0.05) is 49.7 Å². The molecule has 1 aromatic heterocycles. The average molecular weight is 558 g/mol. The van der Waals surface area contributed by atoms with Gasteiger partial charge in [-0.15, -0.1) is 0 Å². The summed E-state index contributed by atoms with van der Waals surface area (Å²) in [5.41, 5.74) is 5.06. The lowest BCUT2D eigenvalue weighted by Gasteiger charge is -2.42. The van der Waals surface area contributed by atoms with Crippen LogP contribution in [-0.4, -0.2) is 48.4 Å². The maximum Gasteiger partial charge on any atom is 0.243 e. The summed E-state index contributed by atoms with van der Waals surface area (Å²) < 4.78 is 22.0. The Kier molecular flexibility index (Phi) is 14.6. The van der Waals surface area contributed by atoms with E-state index in [9.17, 15) is 18.4 Å². The number of pyridine rings is 1. The topological polar surface area (TPSA) is 86.4 Å². The molecule has 0 unspecified atom stereocenters. The molecule has 2 aromatic rings. The number of anilines is 3. The van der Waals surface area contributed by atoms with Crippen LogP contribution in [0.1, 0.15) is 65.5 Å². The highest BCUT2D eigenvalue weighted by Crippen LogP contribution is 2.36. The van der Waals surface area contributed by atoms with Crippen molar-refractivity contribution in [3.8, 4) is 0 Å². The number of nitrogens with one attached hydrogen (secondary N) is 3. The summed E-state index contributed by atoms with van der Waals surface area (Å²) in [6.07, 6.45) is 7.22. The lowest BCUT2D eigenvalue weighted by Crippen LogP contribution is -2.59. The van der Waals surface area contributed by atoms with Gasteiger partial charge in [-0.1, -0.05) is 57.5 Å². The predicted octanol–water partition coefficient (Wildman–Crippen LogP) is 6.63. The van der Waals surface area contributed by atoms with E-state index in [1.54, 1.807) is 6.20 Å². The third-order valence-corrected chi connectivity index (χ3v) is 5.28. The van der Waals surface area contributed by atoms with Gasteiger partial charge < -0.3 is 20.9 Å². The van der Waals surface area contributed by atoms with E-state index in [1.807, 2.05) is 37.3 Å². The van der Waals surface area contributed by atoms with E-state index >= 15 is 0 Å². The van der Waals surface area contributed by atoms with E-state index in [-0.39, 0.29) is 17.9 Å². The predicted molar refractivity (Wildman–Crippen MR) is 162 cm³/mol. The highest BCUT2D eigenvalue weighted by molar-refractivity contribution is 5.91. The molecule has 9 heteroatoms. The number of alkyl halides is 2. The van der Waals surface area contributed by atoms with Gasteiger partial charge >= 0.3 is 0 Å². The van der Waals surface area contributed by atoms with E-state index in [0.29, 0.717) is 6.54 Å². The summed E-state index contributed by atoms with van der Waals surface area (Å²) in [5.74, 6) is -2.02. The molecule has 1 fully saturated rings. The Labute approximate surface area is 238 Å². The zero-order valence-electron chi connectivity index (χ0n) is 24.9. The Hall–Kier alpha value is -3.75. The van der Waals surface area contributed by atoms with E-state index in [1.165, 1.54) is 25.0 Å². The second kappa shape index (κ2) is 17.0. The summed E-state index contributed by atoms with van der Waals surface area (Å²) in [6.45, 7) is 17.0. The number of rotatable bonds is 9. The van der Waals surface area contributed by atoms with Gasteiger partial charge in [-0.2, -0.15) is 0 Å². The molecule has 220 valence electrons. The zero-order chi connectivity index (χ0) is 30.3. The first-order valence-electron chi connectivity index (χ1n) is 13.6. The van der Waals surface area contributed by atoms with Crippen LogP contribution in [-0.2, 0) is 9.59 Å². The van der Waals surface area contributed by atoms with Gasteiger partial charge in [-0.25, -0.2) is 13.8 Å². The van der Waals surface area contributed by atoms with E-state index in [4.69, 9.17) is 0 Å². The molecular formula is C31H45F2N5O2. The number of carbonyl (C=O) groups is 2. The van der Waals surface area contributed by atoms with Gasteiger partial charge in [-0.05, 0) is 57.0 Å². The second-order valence-corrected chi connectivity index (χ2v) is 9.94. The molecule has 40 heavy (non-hydrogen) atoms. The molecule has 2 heterocycles. The molecule has 0 radical (unpaired) electrons. The Morgan fingerprint density at radius 2 is 1.70 bits per heavy atom. The fourth-order valence-electron chi connectivity index (χ4n) is 3.72. The number of nitrogens with zero attached hydrogens (tertiary/aromatic N) is 2. The molecule has 0 spiro atoms.